The fourth-order valence-corrected chi connectivity index (χ4v) is 5.20. The summed E-state index contributed by atoms with van der Waals surface area (Å²) in [6, 6.07) is 13.5. The maximum Gasteiger partial charge on any atom is 0.250 e. The molecule has 0 spiro atoms. The third kappa shape index (κ3) is 2.75. The van der Waals surface area contributed by atoms with Crippen LogP contribution in [-0.2, 0) is 6.54 Å². The van der Waals surface area contributed by atoms with Crippen molar-refractivity contribution in [2.45, 2.75) is 18.9 Å². The van der Waals surface area contributed by atoms with Gasteiger partial charge in [0.05, 0.1) is 5.69 Å². The van der Waals surface area contributed by atoms with Gasteiger partial charge < -0.3 is 9.47 Å². The third-order valence-corrected chi connectivity index (χ3v) is 6.54. The number of halogens is 1. The number of pyridine rings is 1. The Labute approximate surface area is 160 Å². The van der Waals surface area contributed by atoms with Gasteiger partial charge in [-0.2, -0.15) is 0 Å². The van der Waals surface area contributed by atoms with Crippen LogP contribution in [0.4, 0.5) is 5.13 Å². The minimum atomic E-state index is 0.130. The summed E-state index contributed by atoms with van der Waals surface area (Å²) in [7, 11) is 0. The average Bonchev–Trinajstić information content (AvgIpc) is 3.13. The van der Waals surface area contributed by atoms with Crippen LogP contribution in [-0.4, -0.2) is 22.6 Å². The lowest BCUT2D eigenvalue weighted by atomic mass is 9.83. The zero-order chi connectivity index (χ0) is 17.7. The van der Waals surface area contributed by atoms with Gasteiger partial charge >= 0.3 is 0 Å². The van der Waals surface area contributed by atoms with Crippen LogP contribution in [0.3, 0.4) is 0 Å². The van der Waals surface area contributed by atoms with Gasteiger partial charge in [-0.15, -0.1) is 11.3 Å². The molecule has 1 fully saturated rings. The average molecular weight is 384 g/mol. The highest BCUT2D eigenvalue weighted by atomic mass is 35.5. The number of hydrogen-bond acceptors (Lipinski definition) is 4. The van der Waals surface area contributed by atoms with Crippen LogP contribution in [0.25, 0.3) is 11.3 Å². The van der Waals surface area contributed by atoms with Crippen LogP contribution in [0.5, 0.6) is 0 Å². The van der Waals surface area contributed by atoms with Gasteiger partial charge in [0.2, 0.25) is 0 Å². The summed E-state index contributed by atoms with van der Waals surface area (Å²) in [5, 5.41) is 3.92. The molecule has 2 aromatic heterocycles. The van der Waals surface area contributed by atoms with Crippen LogP contribution < -0.4 is 10.5 Å². The maximum atomic E-state index is 12.2. The Morgan fingerprint density at radius 2 is 1.92 bits per heavy atom. The lowest BCUT2D eigenvalue weighted by Gasteiger charge is -2.42. The SMILES string of the molecule is O=c1cccc2n1C[C@@H]1C[C@@H]2CN(c2nc(-c3ccc(Cl)cc3)cs2)C1. The van der Waals surface area contributed by atoms with Gasteiger partial charge in [-0.25, -0.2) is 4.98 Å². The number of piperidine rings is 1. The molecule has 2 aliphatic heterocycles. The van der Waals surface area contributed by atoms with Crippen molar-refractivity contribution in [3.8, 4) is 11.3 Å². The summed E-state index contributed by atoms with van der Waals surface area (Å²) < 4.78 is 1.97. The molecule has 1 saturated heterocycles. The van der Waals surface area contributed by atoms with Crippen molar-refractivity contribution in [1.29, 1.82) is 0 Å². The fourth-order valence-electron chi connectivity index (χ4n) is 4.22. The third-order valence-electron chi connectivity index (χ3n) is 5.38. The van der Waals surface area contributed by atoms with E-state index >= 15 is 0 Å². The van der Waals surface area contributed by atoms with Crippen LogP contribution in [0.2, 0.25) is 5.02 Å². The van der Waals surface area contributed by atoms with E-state index in [0.717, 1.165) is 47.5 Å². The van der Waals surface area contributed by atoms with E-state index in [1.807, 2.05) is 34.9 Å². The second-order valence-electron chi connectivity index (χ2n) is 7.13. The van der Waals surface area contributed by atoms with E-state index in [1.54, 1.807) is 17.4 Å². The van der Waals surface area contributed by atoms with Crippen molar-refractivity contribution in [3.05, 3.63) is 68.9 Å². The van der Waals surface area contributed by atoms with Gasteiger partial charge in [0.15, 0.2) is 5.13 Å². The Morgan fingerprint density at radius 1 is 1.08 bits per heavy atom. The summed E-state index contributed by atoms with van der Waals surface area (Å²) in [5.41, 5.74) is 3.39. The number of nitrogens with zero attached hydrogens (tertiary/aromatic N) is 3. The zero-order valence-corrected chi connectivity index (χ0v) is 15.7. The predicted octanol–water partition coefficient (Wildman–Crippen LogP) is 4.25. The van der Waals surface area contributed by atoms with E-state index in [1.165, 1.54) is 5.69 Å². The number of hydrogen-bond donors (Lipinski definition) is 0. The number of fused-ring (bicyclic) bond motifs is 4. The molecule has 2 atom stereocenters. The smallest absolute Gasteiger partial charge is 0.250 e. The van der Waals surface area contributed by atoms with Gasteiger partial charge in [0, 0.05) is 53.3 Å². The van der Waals surface area contributed by atoms with Crippen molar-refractivity contribution >= 4 is 28.1 Å². The minimum absolute atomic E-state index is 0.130. The maximum absolute atomic E-state index is 12.2. The first-order valence-corrected chi connectivity index (χ1v) is 10.1. The molecule has 0 saturated carbocycles. The molecule has 0 radical (unpaired) electrons. The van der Waals surface area contributed by atoms with E-state index in [-0.39, 0.29) is 5.56 Å². The second-order valence-corrected chi connectivity index (χ2v) is 8.40. The molecule has 0 unspecified atom stereocenters. The first-order valence-electron chi connectivity index (χ1n) is 8.83. The van der Waals surface area contributed by atoms with E-state index < -0.39 is 0 Å². The molecule has 1 aromatic carbocycles. The highest BCUT2D eigenvalue weighted by Gasteiger charge is 2.35. The Hall–Kier alpha value is -2.11. The molecule has 5 rings (SSSR count). The Kier molecular flexibility index (Phi) is 3.87. The molecule has 132 valence electrons. The molecule has 2 aliphatic rings. The lowest BCUT2D eigenvalue weighted by molar-refractivity contribution is 0.281. The van der Waals surface area contributed by atoms with Crippen LogP contribution in [0.1, 0.15) is 18.0 Å². The summed E-state index contributed by atoms with van der Waals surface area (Å²) in [6.07, 6.45) is 1.16. The molecule has 0 amide bonds. The van der Waals surface area contributed by atoms with Gasteiger partial charge in [0.25, 0.3) is 5.56 Å². The molecule has 4 heterocycles. The molecule has 2 bridgehead atoms. The highest BCUT2D eigenvalue weighted by Crippen LogP contribution is 2.38. The first-order chi connectivity index (χ1) is 12.7. The van der Waals surface area contributed by atoms with Crippen molar-refractivity contribution in [1.82, 2.24) is 9.55 Å². The predicted molar refractivity (Wildman–Crippen MR) is 106 cm³/mol. The molecular formula is C20H18ClN3OS. The number of rotatable bonds is 2. The monoisotopic (exact) mass is 383 g/mol. The fraction of sp³-hybridized carbons (Fsp3) is 0.300. The van der Waals surface area contributed by atoms with Crippen molar-refractivity contribution in [3.63, 3.8) is 0 Å². The van der Waals surface area contributed by atoms with E-state index in [9.17, 15) is 4.79 Å². The number of benzene rings is 1. The molecule has 6 heteroatoms. The van der Waals surface area contributed by atoms with Gasteiger partial charge in [-0.05, 0) is 30.5 Å². The van der Waals surface area contributed by atoms with Crippen LogP contribution >= 0.6 is 22.9 Å². The number of thiazole rings is 1. The normalized spacial score (nSPS) is 21.5. The second kappa shape index (κ2) is 6.25. The Bertz CT molecular complexity index is 1010. The quantitative estimate of drug-likeness (QED) is 0.664. The first kappa shape index (κ1) is 16.1. The summed E-state index contributed by atoms with van der Waals surface area (Å²) in [5.74, 6) is 0.906. The Balaban J connectivity index is 1.43. The standard InChI is InChI=1S/C20H18ClN3OS/c21-16-6-4-14(5-7-16)17-12-26-20(22-17)23-9-13-8-15(11-23)18-2-1-3-19(25)24(18)10-13/h1-7,12-13,15H,8-11H2/t13-,15-/m1/s1. The van der Waals surface area contributed by atoms with Crippen molar-refractivity contribution in [2.75, 3.05) is 18.0 Å². The van der Waals surface area contributed by atoms with Crippen molar-refractivity contribution < 1.29 is 0 Å². The van der Waals surface area contributed by atoms with E-state index in [2.05, 4.69) is 16.3 Å². The molecule has 26 heavy (non-hydrogen) atoms. The van der Waals surface area contributed by atoms with Gasteiger partial charge in [-0.1, -0.05) is 29.8 Å². The minimum Gasteiger partial charge on any atom is -0.347 e. The summed E-state index contributed by atoms with van der Waals surface area (Å²) in [6.45, 7) is 2.70. The summed E-state index contributed by atoms with van der Waals surface area (Å²) in [4.78, 5) is 19.4. The molecule has 0 N–H and O–H groups in total. The van der Waals surface area contributed by atoms with E-state index in [4.69, 9.17) is 16.6 Å². The Morgan fingerprint density at radius 3 is 2.77 bits per heavy atom. The highest BCUT2D eigenvalue weighted by molar-refractivity contribution is 7.14. The zero-order valence-electron chi connectivity index (χ0n) is 14.1. The van der Waals surface area contributed by atoms with Crippen molar-refractivity contribution in [2.24, 2.45) is 5.92 Å². The topological polar surface area (TPSA) is 38.1 Å². The molecular weight excluding hydrogens is 366 g/mol. The van der Waals surface area contributed by atoms with Crippen LogP contribution in [0.15, 0.2) is 52.6 Å². The number of aromatic nitrogens is 2. The summed E-state index contributed by atoms with van der Waals surface area (Å²) >= 11 is 7.67. The lowest BCUT2D eigenvalue weighted by Crippen LogP contribution is -2.47. The molecule has 0 aliphatic carbocycles. The molecule has 4 nitrogen and oxygen atoms in total. The van der Waals surface area contributed by atoms with E-state index in [0.29, 0.717) is 11.8 Å². The molecule has 3 aromatic rings. The number of anilines is 1. The van der Waals surface area contributed by atoms with Crippen LogP contribution in [0, 0.1) is 5.92 Å². The van der Waals surface area contributed by atoms with Gasteiger partial charge in [0.1, 0.15) is 0 Å². The largest absolute Gasteiger partial charge is 0.347 e. The van der Waals surface area contributed by atoms with Gasteiger partial charge in [-0.3, -0.25) is 4.79 Å².